The third-order valence-electron chi connectivity index (χ3n) is 5.49. The number of nitrogen functional groups attached to an aromatic ring is 1. The van der Waals surface area contributed by atoms with Gasteiger partial charge >= 0.3 is 0 Å². The minimum Gasteiger partial charge on any atom is -0.543 e. The highest BCUT2D eigenvalue weighted by atomic mass is 32.2. The molecule has 0 radical (unpaired) electrons. The predicted molar refractivity (Wildman–Crippen MR) is 129 cm³/mol. The van der Waals surface area contributed by atoms with Gasteiger partial charge in [-0.05, 0) is 0 Å². The van der Waals surface area contributed by atoms with Crippen LogP contribution in [0.3, 0.4) is 0 Å². The number of aromatic nitrogens is 4. The second-order valence-corrected chi connectivity index (χ2v) is 9.54. The molecule has 0 spiro atoms. The Morgan fingerprint density at radius 3 is 2.89 bits per heavy atom. The van der Waals surface area contributed by atoms with Crippen LogP contribution in [0.5, 0.6) is 0 Å². The van der Waals surface area contributed by atoms with Gasteiger partial charge in [-0.15, -0.1) is 21.1 Å². The van der Waals surface area contributed by atoms with Gasteiger partial charge in [-0.25, -0.2) is 0 Å². The first kappa shape index (κ1) is 25.2. The molecule has 2 amide bonds. The van der Waals surface area contributed by atoms with Gasteiger partial charge in [0.2, 0.25) is 11.5 Å². The Hall–Kier alpha value is -3.92. The highest BCUT2D eigenvalue weighted by Gasteiger charge is 2.53. The maximum atomic E-state index is 13.0. The molecule has 36 heavy (non-hydrogen) atoms. The van der Waals surface area contributed by atoms with Crippen molar-refractivity contribution in [1.82, 2.24) is 24.3 Å². The second-order valence-electron chi connectivity index (χ2n) is 7.65. The fourth-order valence-corrected chi connectivity index (χ4v) is 5.54. The second kappa shape index (κ2) is 10.4. The van der Waals surface area contributed by atoms with Crippen LogP contribution in [0.2, 0.25) is 0 Å². The Morgan fingerprint density at radius 1 is 1.50 bits per heavy atom. The topological polar surface area (TPSA) is 184 Å². The molecule has 1 saturated heterocycles. The van der Waals surface area contributed by atoms with E-state index >= 15 is 0 Å². The van der Waals surface area contributed by atoms with Crippen LogP contribution in [0.15, 0.2) is 41.3 Å². The molecule has 4 N–H and O–H groups in total. The first-order valence-electron chi connectivity index (χ1n) is 10.6. The highest BCUT2D eigenvalue weighted by Crippen LogP contribution is 2.40. The summed E-state index contributed by atoms with van der Waals surface area (Å²) in [5.41, 5.74) is 5.67. The zero-order valence-electron chi connectivity index (χ0n) is 19.3. The van der Waals surface area contributed by atoms with Gasteiger partial charge in [0, 0.05) is 29.9 Å². The van der Waals surface area contributed by atoms with Crippen LogP contribution in [0.25, 0.3) is 0 Å². The molecule has 16 heteroatoms. The van der Waals surface area contributed by atoms with E-state index in [0.717, 1.165) is 22.3 Å². The van der Waals surface area contributed by atoms with Crippen LogP contribution in [-0.2, 0) is 32.8 Å². The first-order valence-corrected chi connectivity index (χ1v) is 12.4. The maximum absolute atomic E-state index is 13.0. The number of β-lactam (4-membered cyclic amide) rings is 1. The fraction of sp³-hybridized carbons (Fsp3) is 0.350. The third-order valence-corrected chi connectivity index (χ3v) is 7.37. The molecule has 2 aromatic rings. The van der Waals surface area contributed by atoms with Gasteiger partial charge in [0.1, 0.15) is 18.0 Å². The number of oxime groups is 1. The fourth-order valence-electron chi connectivity index (χ4n) is 3.77. The molecule has 0 aromatic carbocycles. The van der Waals surface area contributed by atoms with E-state index in [1.807, 2.05) is 22.5 Å². The van der Waals surface area contributed by atoms with Crippen molar-refractivity contribution < 1.29 is 29.0 Å². The van der Waals surface area contributed by atoms with Crippen LogP contribution >= 0.6 is 23.3 Å². The molecule has 2 aromatic heterocycles. The zero-order chi connectivity index (χ0) is 26.0. The smallest absolute Gasteiger partial charge is 0.278 e. The normalized spacial score (nSPS) is 19.4. The van der Waals surface area contributed by atoms with E-state index in [9.17, 15) is 19.5 Å². The van der Waals surface area contributed by atoms with Crippen LogP contribution < -0.4 is 26.2 Å². The summed E-state index contributed by atoms with van der Waals surface area (Å²) in [6.45, 7) is 3.79. The lowest BCUT2D eigenvalue weighted by atomic mass is 10.0. The molecular weight excluding hydrogens is 510 g/mol. The average Bonchev–Trinajstić information content (AvgIpc) is 3.44. The minimum absolute atomic E-state index is 0.0303. The molecule has 14 nitrogen and oxygen atoms in total. The summed E-state index contributed by atoms with van der Waals surface area (Å²) in [5.74, 6) is -1.71. The van der Waals surface area contributed by atoms with Crippen molar-refractivity contribution in [3.63, 3.8) is 0 Å². The van der Waals surface area contributed by atoms with Crippen molar-refractivity contribution in [1.29, 1.82) is 0 Å². The number of amides is 2. The largest absolute Gasteiger partial charge is 0.543 e. The molecule has 190 valence electrons. The minimum atomic E-state index is -1.46. The van der Waals surface area contributed by atoms with E-state index in [1.165, 1.54) is 17.8 Å². The molecule has 4 rings (SSSR count). The monoisotopic (exact) mass is 533 g/mol. The SMILES string of the molecule is C=CCON=C(C(=O)N[C@@H]1C(=O)N2C(C(=O)[O-])=C(C[n+]3ccc(NC)n3C)CS[C@H]12)c1nsc(N)n1. The van der Waals surface area contributed by atoms with Gasteiger partial charge in [0.15, 0.2) is 23.7 Å². The standard InChI is InChI=1S/C20H23N9O5S2/c1-4-7-34-25-12(15-24-20(21)36-26-15)16(30)23-13-17(31)29-14(19(32)33)10(9-35-18(13)29)8-28-6-5-11(22-2)27(28)3/h4-6,13,18H,1,7-9H2,2-3H3,(H4,21,23,24,26,30,32,33)/t13-,18-/m1/s1. The van der Waals surface area contributed by atoms with Gasteiger partial charge in [-0.3, -0.25) is 14.5 Å². The third kappa shape index (κ3) is 4.64. The molecule has 2 aliphatic heterocycles. The van der Waals surface area contributed by atoms with E-state index in [0.29, 0.717) is 11.3 Å². The number of carbonyl (C=O) groups is 3. The quantitative estimate of drug-likeness (QED) is 0.0756. The number of hydrogen-bond donors (Lipinski definition) is 3. The van der Waals surface area contributed by atoms with E-state index in [4.69, 9.17) is 10.6 Å². The van der Waals surface area contributed by atoms with Gasteiger partial charge in [0.05, 0.1) is 24.8 Å². The summed E-state index contributed by atoms with van der Waals surface area (Å²) < 4.78 is 7.61. The number of nitrogens with one attached hydrogen (secondary N) is 2. The van der Waals surface area contributed by atoms with Crippen LogP contribution in [0.4, 0.5) is 10.9 Å². The van der Waals surface area contributed by atoms with E-state index < -0.39 is 29.2 Å². The summed E-state index contributed by atoms with van der Waals surface area (Å²) in [4.78, 5) is 48.1. The molecule has 0 unspecified atom stereocenters. The van der Waals surface area contributed by atoms with Crippen LogP contribution in [0, 0.1) is 0 Å². The summed E-state index contributed by atoms with van der Waals surface area (Å²) in [7, 11) is 3.60. The molecule has 4 heterocycles. The predicted octanol–water partition coefficient (Wildman–Crippen LogP) is -2.20. The zero-order valence-corrected chi connectivity index (χ0v) is 21.0. The van der Waals surface area contributed by atoms with Crippen molar-refractivity contribution in [2.24, 2.45) is 12.2 Å². The lowest BCUT2D eigenvalue weighted by molar-refractivity contribution is -0.765. The Bertz CT molecular complexity index is 1280. The lowest BCUT2D eigenvalue weighted by Gasteiger charge is -2.50. The summed E-state index contributed by atoms with van der Waals surface area (Å²) in [6.07, 6.45) is 3.24. The number of hydrogen-bond acceptors (Lipinski definition) is 12. The number of fused-ring (bicyclic) bond motifs is 1. The van der Waals surface area contributed by atoms with Crippen LogP contribution in [0.1, 0.15) is 5.82 Å². The van der Waals surface area contributed by atoms with Crippen molar-refractivity contribution in [2.45, 2.75) is 18.0 Å². The first-order chi connectivity index (χ1) is 17.3. The Labute approximate surface area is 213 Å². The van der Waals surface area contributed by atoms with Gasteiger partial charge in [-0.2, -0.15) is 9.36 Å². The number of carboxylic acids is 1. The van der Waals surface area contributed by atoms with Gasteiger partial charge < -0.3 is 31.1 Å². The summed E-state index contributed by atoms with van der Waals surface area (Å²) in [5, 5.41) is 20.9. The number of carbonyl (C=O) groups excluding carboxylic acids is 3. The molecule has 0 saturated carbocycles. The van der Waals surface area contributed by atoms with Crippen molar-refractivity contribution in [3.05, 3.63) is 42.0 Å². The molecular formula is C20H23N9O5S2. The lowest BCUT2D eigenvalue weighted by Crippen LogP contribution is -2.71. The molecule has 2 atom stereocenters. The number of anilines is 2. The number of thioether (sulfide) groups is 1. The number of rotatable bonds is 10. The Balaban J connectivity index is 1.54. The molecule has 2 aliphatic rings. The molecule has 0 aliphatic carbocycles. The van der Waals surface area contributed by atoms with E-state index in [1.54, 1.807) is 13.2 Å². The van der Waals surface area contributed by atoms with Crippen molar-refractivity contribution >= 4 is 57.7 Å². The van der Waals surface area contributed by atoms with Crippen LogP contribution in [-0.4, -0.2) is 73.3 Å². The van der Waals surface area contributed by atoms with Crippen molar-refractivity contribution in [3.8, 4) is 0 Å². The summed E-state index contributed by atoms with van der Waals surface area (Å²) >= 11 is 2.21. The number of nitrogens with zero attached hydrogens (tertiary/aromatic N) is 6. The Kier molecular flexibility index (Phi) is 7.25. The van der Waals surface area contributed by atoms with E-state index in [2.05, 4.69) is 31.7 Å². The van der Waals surface area contributed by atoms with Gasteiger partial charge in [0.25, 0.3) is 11.8 Å². The van der Waals surface area contributed by atoms with E-state index in [-0.39, 0.29) is 35.5 Å². The maximum Gasteiger partial charge on any atom is 0.278 e. The Morgan fingerprint density at radius 2 is 2.28 bits per heavy atom. The van der Waals surface area contributed by atoms with Gasteiger partial charge in [-0.1, -0.05) is 17.8 Å². The number of nitrogens with two attached hydrogens (primary N) is 1. The number of aliphatic carboxylic acids is 1. The summed E-state index contributed by atoms with van der Waals surface area (Å²) in [6, 6.07) is 0.860. The average molecular weight is 534 g/mol. The number of carboxylic acid groups (broad SMARTS) is 1. The molecule has 1 fully saturated rings. The molecule has 0 bridgehead atoms. The van der Waals surface area contributed by atoms with Crippen molar-refractivity contribution in [2.75, 3.05) is 30.5 Å². The highest BCUT2D eigenvalue weighted by molar-refractivity contribution is 8.00.